The summed E-state index contributed by atoms with van der Waals surface area (Å²) in [7, 11) is 0. The fourth-order valence-corrected chi connectivity index (χ4v) is 2.31. The molecule has 0 radical (unpaired) electrons. The van der Waals surface area contributed by atoms with E-state index in [1.807, 2.05) is 0 Å². The molecule has 0 aliphatic carbocycles. The average Bonchev–Trinajstić information content (AvgIpc) is 2.47. The first-order valence-corrected chi connectivity index (χ1v) is 8.14. The highest BCUT2D eigenvalue weighted by Gasteiger charge is 2.16. The maximum atomic E-state index is 12.1. The normalized spacial score (nSPS) is 13.5. The molecule has 21 heavy (non-hydrogen) atoms. The SMILES string of the molecule is CCCCC(CC)CNC(=O)C(C)Oc1cccc(Cl)c1. The Bertz CT molecular complexity index is 437. The fraction of sp³-hybridized carbons (Fsp3) is 0.588. The Hall–Kier alpha value is -1.22. The van der Waals surface area contributed by atoms with Gasteiger partial charge >= 0.3 is 0 Å². The monoisotopic (exact) mass is 311 g/mol. The minimum atomic E-state index is -0.521. The molecule has 0 aromatic heterocycles. The number of hydrogen-bond acceptors (Lipinski definition) is 2. The van der Waals surface area contributed by atoms with Gasteiger partial charge in [-0.25, -0.2) is 0 Å². The molecule has 118 valence electrons. The lowest BCUT2D eigenvalue weighted by molar-refractivity contribution is -0.127. The number of carbonyl (C=O) groups excluding carboxylic acids is 1. The Labute approximate surface area is 133 Å². The summed E-state index contributed by atoms with van der Waals surface area (Å²) in [4.78, 5) is 12.1. The Balaban J connectivity index is 2.40. The minimum absolute atomic E-state index is 0.0788. The molecule has 0 fully saturated rings. The van der Waals surface area contributed by atoms with Crippen LogP contribution in [0, 0.1) is 5.92 Å². The van der Waals surface area contributed by atoms with Gasteiger partial charge in [-0.1, -0.05) is 50.8 Å². The first-order chi connectivity index (χ1) is 10.1. The van der Waals surface area contributed by atoms with Gasteiger partial charge in [0.1, 0.15) is 5.75 Å². The molecule has 0 bridgehead atoms. The highest BCUT2D eigenvalue weighted by Crippen LogP contribution is 2.18. The maximum Gasteiger partial charge on any atom is 0.260 e. The number of unbranched alkanes of at least 4 members (excludes halogenated alkanes) is 1. The van der Waals surface area contributed by atoms with Gasteiger partial charge in [0.15, 0.2) is 6.10 Å². The predicted octanol–water partition coefficient (Wildman–Crippen LogP) is 4.44. The Morgan fingerprint density at radius 1 is 1.38 bits per heavy atom. The zero-order chi connectivity index (χ0) is 15.7. The second-order valence-electron chi connectivity index (χ2n) is 5.38. The van der Waals surface area contributed by atoms with Crippen molar-refractivity contribution in [1.82, 2.24) is 5.32 Å². The van der Waals surface area contributed by atoms with Crippen molar-refractivity contribution < 1.29 is 9.53 Å². The summed E-state index contributed by atoms with van der Waals surface area (Å²) in [6, 6.07) is 7.09. The van der Waals surface area contributed by atoms with Crippen LogP contribution in [-0.2, 0) is 4.79 Å². The molecule has 1 amide bonds. The van der Waals surface area contributed by atoms with Crippen LogP contribution in [0.15, 0.2) is 24.3 Å². The fourth-order valence-electron chi connectivity index (χ4n) is 2.13. The molecule has 0 aliphatic heterocycles. The lowest BCUT2D eigenvalue weighted by atomic mass is 9.99. The second-order valence-corrected chi connectivity index (χ2v) is 5.82. The van der Waals surface area contributed by atoms with Crippen molar-refractivity contribution in [3.05, 3.63) is 29.3 Å². The summed E-state index contributed by atoms with van der Waals surface area (Å²) in [6.07, 6.45) is 4.13. The molecule has 0 heterocycles. The number of ether oxygens (including phenoxy) is 1. The van der Waals surface area contributed by atoms with Crippen LogP contribution >= 0.6 is 11.6 Å². The van der Waals surface area contributed by atoms with Crippen molar-refractivity contribution in [2.45, 2.75) is 52.6 Å². The molecule has 1 N–H and O–H groups in total. The topological polar surface area (TPSA) is 38.3 Å². The molecule has 1 rings (SSSR count). The van der Waals surface area contributed by atoms with Crippen LogP contribution in [0.2, 0.25) is 5.02 Å². The van der Waals surface area contributed by atoms with Gasteiger partial charge in [-0.3, -0.25) is 4.79 Å². The van der Waals surface area contributed by atoms with Crippen LogP contribution in [-0.4, -0.2) is 18.6 Å². The van der Waals surface area contributed by atoms with Gasteiger partial charge in [0, 0.05) is 11.6 Å². The summed E-state index contributed by atoms with van der Waals surface area (Å²) in [5, 5.41) is 3.58. The van der Waals surface area contributed by atoms with Crippen LogP contribution in [0.1, 0.15) is 46.5 Å². The highest BCUT2D eigenvalue weighted by atomic mass is 35.5. The summed E-state index contributed by atoms with van der Waals surface area (Å²) in [5.41, 5.74) is 0. The molecule has 4 heteroatoms. The number of amides is 1. The van der Waals surface area contributed by atoms with Gasteiger partial charge in [-0.05, 0) is 37.5 Å². The van der Waals surface area contributed by atoms with Crippen molar-refractivity contribution in [1.29, 1.82) is 0 Å². The number of hydrogen-bond donors (Lipinski definition) is 1. The van der Waals surface area contributed by atoms with Crippen LogP contribution < -0.4 is 10.1 Å². The van der Waals surface area contributed by atoms with Gasteiger partial charge in [-0.15, -0.1) is 0 Å². The van der Waals surface area contributed by atoms with Crippen LogP contribution in [0.4, 0.5) is 0 Å². The first kappa shape index (κ1) is 17.8. The molecule has 0 aliphatic rings. The van der Waals surface area contributed by atoms with Crippen molar-refractivity contribution in [2.75, 3.05) is 6.54 Å². The standard InChI is InChI=1S/C17H26ClNO2/c1-4-6-8-14(5-2)12-19-17(20)13(3)21-16-10-7-9-15(18)11-16/h7,9-11,13-14H,4-6,8,12H2,1-3H3,(H,19,20). The number of benzene rings is 1. The number of carbonyl (C=O) groups is 1. The van der Waals surface area contributed by atoms with Crippen molar-refractivity contribution in [3.63, 3.8) is 0 Å². The van der Waals surface area contributed by atoms with E-state index in [0.717, 1.165) is 19.4 Å². The van der Waals surface area contributed by atoms with E-state index in [-0.39, 0.29) is 5.91 Å². The zero-order valence-electron chi connectivity index (χ0n) is 13.2. The lowest BCUT2D eigenvalue weighted by Gasteiger charge is -2.18. The third-order valence-electron chi connectivity index (χ3n) is 3.59. The van der Waals surface area contributed by atoms with Crippen LogP contribution in [0.25, 0.3) is 0 Å². The summed E-state index contributed by atoms with van der Waals surface area (Å²) in [6.45, 7) is 6.83. The van der Waals surface area contributed by atoms with Gasteiger partial charge in [0.2, 0.25) is 0 Å². The zero-order valence-corrected chi connectivity index (χ0v) is 14.0. The van der Waals surface area contributed by atoms with E-state index in [1.165, 1.54) is 12.8 Å². The molecule has 0 saturated carbocycles. The maximum absolute atomic E-state index is 12.1. The number of nitrogens with one attached hydrogen (secondary N) is 1. The van der Waals surface area contributed by atoms with Gasteiger partial charge in [0.25, 0.3) is 5.91 Å². The van der Waals surface area contributed by atoms with Crippen molar-refractivity contribution >= 4 is 17.5 Å². The molecular weight excluding hydrogens is 286 g/mol. The lowest BCUT2D eigenvalue weighted by Crippen LogP contribution is -2.38. The van der Waals surface area contributed by atoms with Gasteiger partial charge in [-0.2, -0.15) is 0 Å². The molecule has 0 saturated heterocycles. The third kappa shape index (κ3) is 6.85. The smallest absolute Gasteiger partial charge is 0.260 e. The molecule has 1 aromatic carbocycles. The minimum Gasteiger partial charge on any atom is -0.481 e. The molecule has 2 atom stereocenters. The average molecular weight is 312 g/mol. The number of halogens is 1. The van der Waals surface area contributed by atoms with Crippen LogP contribution in [0.5, 0.6) is 5.75 Å². The Kier molecular flexibility index (Phi) is 8.21. The van der Waals surface area contributed by atoms with E-state index < -0.39 is 6.10 Å². The summed E-state index contributed by atoms with van der Waals surface area (Å²) >= 11 is 5.90. The van der Waals surface area contributed by atoms with E-state index in [1.54, 1.807) is 31.2 Å². The van der Waals surface area contributed by atoms with Gasteiger partial charge in [0.05, 0.1) is 0 Å². The van der Waals surface area contributed by atoms with E-state index in [0.29, 0.717) is 16.7 Å². The summed E-state index contributed by atoms with van der Waals surface area (Å²) in [5.74, 6) is 1.08. The molecule has 0 spiro atoms. The van der Waals surface area contributed by atoms with E-state index >= 15 is 0 Å². The second kappa shape index (κ2) is 9.67. The highest BCUT2D eigenvalue weighted by molar-refractivity contribution is 6.30. The van der Waals surface area contributed by atoms with Crippen molar-refractivity contribution in [2.24, 2.45) is 5.92 Å². The number of rotatable bonds is 9. The molecule has 1 aromatic rings. The quantitative estimate of drug-likeness (QED) is 0.732. The third-order valence-corrected chi connectivity index (χ3v) is 3.82. The van der Waals surface area contributed by atoms with E-state index in [2.05, 4.69) is 19.2 Å². The Morgan fingerprint density at radius 2 is 2.14 bits per heavy atom. The first-order valence-electron chi connectivity index (χ1n) is 7.76. The molecule has 3 nitrogen and oxygen atoms in total. The van der Waals surface area contributed by atoms with Gasteiger partial charge < -0.3 is 10.1 Å². The van der Waals surface area contributed by atoms with Crippen LogP contribution in [0.3, 0.4) is 0 Å². The molecular formula is C17H26ClNO2. The summed E-state index contributed by atoms with van der Waals surface area (Å²) < 4.78 is 5.61. The largest absolute Gasteiger partial charge is 0.481 e. The Morgan fingerprint density at radius 3 is 2.76 bits per heavy atom. The van der Waals surface area contributed by atoms with E-state index in [9.17, 15) is 4.79 Å². The predicted molar refractivity (Wildman–Crippen MR) is 87.9 cm³/mol. The van der Waals surface area contributed by atoms with E-state index in [4.69, 9.17) is 16.3 Å². The van der Waals surface area contributed by atoms with Crippen molar-refractivity contribution in [3.8, 4) is 5.75 Å². The molecule has 2 unspecified atom stereocenters.